The van der Waals surface area contributed by atoms with E-state index >= 15 is 0 Å². The summed E-state index contributed by atoms with van der Waals surface area (Å²) in [6.07, 6.45) is -0.606. The Labute approximate surface area is 81.8 Å². The highest BCUT2D eigenvalue weighted by atomic mass is 16.5. The monoisotopic (exact) mass is 196 g/mol. The Balaban J connectivity index is 2.82. The van der Waals surface area contributed by atoms with Crippen LogP contribution in [0.3, 0.4) is 0 Å². The van der Waals surface area contributed by atoms with Crippen molar-refractivity contribution in [2.24, 2.45) is 0 Å². The zero-order valence-corrected chi connectivity index (χ0v) is 8.02. The molecule has 1 unspecified atom stereocenters. The molecule has 0 saturated heterocycles. The molecule has 4 nitrogen and oxygen atoms in total. The Hall–Kier alpha value is -1.71. The predicted octanol–water partition coefficient (Wildman–Crippen LogP) is 1.45. The first-order valence-electron chi connectivity index (χ1n) is 4.20. The smallest absolute Gasteiger partial charge is 0.169 e. The van der Waals surface area contributed by atoms with Crippen molar-refractivity contribution in [2.45, 2.75) is 20.0 Å². The summed E-state index contributed by atoms with van der Waals surface area (Å²) in [6, 6.07) is 3.94. The van der Waals surface area contributed by atoms with E-state index in [2.05, 4.69) is 0 Å². The van der Waals surface area contributed by atoms with Crippen LogP contribution in [0.5, 0.6) is 17.2 Å². The molecule has 2 N–H and O–H groups in total. The van der Waals surface area contributed by atoms with Gasteiger partial charge in [0, 0.05) is 6.07 Å². The number of phenols is 2. The highest BCUT2D eigenvalue weighted by molar-refractivity contribution is 5.80. The van der Waals surface area contributed by atoms with E-state index in [1.165, 1.54) is 19.1 Å². The summed E-state index contributed by atoms with van der Waals surface area (Å²) in [5.74, 6) is -0.175. The van der Waals surface area contributed by atoms with Crippen molar-refractivity contribution in [3.8, 4) is 17.2 Å². The van der Waals surface area contributed by atoms with Gasteiger partial charge in [0.1, 0.15) is 5.75 Å². The van der Waals surface area contributed by atoms with Crippen molar-refractivity contribution in [2.75, 3.05) is 0 Å². The van der Waals surface area contributed by atoms with Gasteiger partial charge in [0.15, 0.2) is 23.4 Å². The number of Topliss-reactive ketones (excluding diaryl/α,β-unsaturated/α-hetero) is 1. The standard InChI is InChI=1S/C10H12O4/c1-6(11)7(2)14-10-4-3-8(12)5-9(10)13/h3-5,7,12-13H,1-2H3. The third kappa shape index (κ3) is 2.39. The fraction of sp³-hybridized carbons (Fsp3) is 0.300. The van der Waals surface area contributed by atoms with Gasteiger partial charge >= 0.3 is 0 Å². The fourth-order valence-electron chi connectivity index (χ4n) is 0.879. The Morgan fingerprint density at radius 1 is 1.43 bits per heavy atom. The lowest BCUT2D eigenvalue weighted by Gasteiger charge is -2.12. The SMILES string of the molecule is CC(=O)C(C)Oc1ccc(O)cc1O. The summed E-state index contributed by atoms with van der Waals surface area (Å²) in [6.45, 7) is 3.00. The Kier molecular flexibility index (Phi) is 2.96. The Morgan fingerprint density at radius 2 is 2.07 bits per heavy atom. The van der Waals surface area contributed by atoms with E-state index in [0.29, 0.717) is 0 Å². The molecule has 0 aliphatic heterocycles. The number of hydrogen-bond donors (Lipinski definition) is 2. The van der Waals surface area contributed by atoms with E-state index < -0.39 is 6.10 Å². The average molecular weight is 196 g/mol. The maximum Gasteiger partial charge on any atom is 0.169 e. The number of ketones is 1. The molecule has 4 heteroatoms. The molecule has 0 aromatic heterocycles. The van der Waals surface area contributed by atoms with Crippen molar-refractivity contribution >= 4 is 5.78 Å². The number of ether oxygens (including phenoxy) is 1. The van der Waals surface area contributed by atoms with Crippen LogP contribution in [0.15, 0.2) is 18.2 Å². The quantitative estimate of drug-likeness (QED) is 0.767. The Morgan fingerprint density at radius 3 is 2.57 bits per heavy atom. The van der Waals surface area contributed by atoms with Crippen LogP contribution in [0, 0.1) is 0 Å². The zero-order chi connectivity index (χ0) is 10.7. The Bertz CT molecular complexity index is 346. The van der Waals surface area contributed by atoms with Gasteiger partial charge in [0.05, 0.1) is 0 Å². The van der Waals surface area contributed by atoms with Gasteiger partial charge in [-0.25, -0.2) is 0 Å². The minimum Gasteiger partial charge on any atom is -0.508 e. The first kappa shape index (κ1) is 10.4. The summed E-state index contributed by atoms with van der Waals surface area (Å²) in [5, 5.41) is 18.3. The number of carbonyl (C=O) groups excluding carboxylic acids is 1. The predicted molar refractivity (Wildman–Crippen MR) is 50.5 cm³/mol. The number of aromatic hydroxyl groups is 2. The third-order valence-corrected chi connectivity index (χ3v) is 1.82. The molecular weight excluding hydrogens is 184 g/mol. The van der Waals surface area contributed by atoms with Crippen molar-refractivity contribution in [1.29, 1.82) is 0 Å². The molecule has 14 heavy (non-hydrogen) atoms. The summed E-state index contributed by atoms with van der Waals surface area (Å²) >= 11 is 0. The van der Waals surface area contributed by atoms with Crippen LogP contribution in [0.1, 0.15) is 13.8 Å². The van der Waals surface area contributed by atoms with Gasteiger partial charge in [-0.1, -0.05) is 0 Å². The maximum absolute atomic E-state index is 10.9. The van der Waals surface area contributed by atoms with Crippen LogP contribution in [0.25, 0.3) is 0 Å². The van der Waals surface area contributed by atoms with Gasteiger partial charge in [-0.05, 0) is 26.0 Å². The maximum atomic E-state index is 10.9. The zero-order valence-electron chi connectivity index (χ0n) is 8.02. The van der Waals surface area contributed by atoms with Crippen LogP contribution in [-0.4, -0.2) is 22.1 Å². The van der Waals surface area contributed by atoms with E-state index in [4.69, 9.17) is 9.84 Å². The van der Waals surface area contributed by atoms with Gasteiger partial charge in [-0.3, -0.25) is 4.79 Å². The number of benzene rings is 1. The average Bonchev–Trinajstić information content (AvgIpc) is 2.09. The van der Waals surface area contributed by atoms with E-state index in [9.17, 15) is 9.90 Å². The molecule has 0 saturated carbocycles. The van der Waals surface area contributed by atoms with E-state index in [-0.39, 0.29) is 23.0 Å². The molecule has 0 spiro atoms. The summed E-state index contributed by atoms with van der Waals surface area (Å²) < 4.78 is 5.15. The van der Waals surface area contributed by atoms with Crippen LogP contribution in [0.4, 0.5) is 0 Å². The lowest BCUT2D eigenvalue weighted by atomic mass is 10.2. The lowest BCUT2D eigenvalue weighted by Crippen LogP contribution is -2.20. The summed E-state index contributed by atoms with van der Waals surface area (Å²) in [7, 11) is 0. The number of rotatable bonds is 3. The minimum atomic E-state index is -0.606. The minimum absolute atomic E-state index is 0.0506. The summed E-state index contributed by atoms with van der Waals surface area (Å²) in [5.41, 5.74) is 0. The molecule has 1 atom stereocenters. The molecule has 0 radical (unpaired) electrons. The van der Waals surface area contributed by atoms with Crippen LogP contribution < -0.4 is 4.74 Å². The van der Waals surface area contributed by atoms with Crippen molar-refractivity contribution in [3.05, 3.63) is 18.2 Å². The van der Waals surface area contributed by atoms with Gasteiger partial charge in [0.25, 0.3) is 0 Å². The molecule has 1 aromatic carbocycles. The third-order valence-electron chi connectivity index (χ3n) is 1.82. The van der Waals surface area contributed by atoms with Gasteiger partial charge < -0.3 is 14.9 Å². The number of hydrogen-bond acceptors (Lipinski definition) is 4. The second-order valence-corrected chi connectivity index (χ2v) is 3.02. The van der Waals surface area contributed by atoms with Gasteiger partial charge in [-0.2, -0.15) is 0 Å². The number of phenolic OH excluding ortho intramolecular Hbond substituents is 2. The van der Waals surface area contributed by atoms with E-state index in [1.807, 2.05) is 0 Å². The molecule has 0 aliphatic rings. The van der Waals surface area contributed by atoms with E-state index in [1.54, 1.807) is 6.92 Å². The second-order valence-electron chi connectivity index (χ2n) is 3.02. The molecule has 76 valence electrons. The highest BCUT2D eigenvalue weighted by Crippen LogP contribution is 2.30. The normalized spacial score (nSPS) is 12.1. The van der Waals surface area contributed by atoms with Crippen LogP contribution in [-0.2, 0) is 4.79 Å². The lowest BCUT2D eigenvalue weighted by molar-refractivity contribution is -0.122. The molecule has 0 bridgehead atoms. The van der Waals surface area contributed by atoms with Crippen LogP contribution >= 0.6 is 0 Å². The summed E-state index contributed by atoms with van der Waals surface area (Å²) in [4.78, 5) is 10.9. The van der Waals surface area contributed by atoms with Gasteiger partial charge in [0.2, 0.25) is 0 Å². The molecular formula is C10H12O4. The number of carbonyl (C=O) groups is 1. The first-order chi connectivity index (χ1) is 6.50. The van der Waals surface area contributed by atoms with Crippen molar-refractivity contribution < 1.29 is 19.7 Å². The first-order valence-corrected chi connectivity index (χ1v) is 4.20. The molecule has 0 heterocycles. The molecule has 1 aromatic rings. The fourth-order valence-corrected chi connectivity index (χ4v) is 0.879. The topological polar surface area (TPSA) is 66.8 Å². The second kappa shape index (κ2) is 4.00. The van der Waals surface area contributed by atoms with E-state index in [0.717, 1.165) is 6.07 Å². The van der Waals surface area contributed by atoms with Crippen LogP contribution in [0.2, 0.25) is 0 Å². The molecule has 0 amide bonds. The van der Waals surface area contributed by atoms with Crippen molar-refractivity contribution in [3.63, 3.8) is 0 Å². The molecule has 0 aliphatic carbocycles. The highest BCUT2D eigenvalue weighted by Gasteiger charge is 2.11. The largest absolute Gasteiger partial charge is 0.508 e. The molecule has 0 fully saturated rings. The van der Waals surface area contributed by atoms with Crippen molar-refractivity contribution in [1.82, 2.24) is 0 Å². The van der Waals surface area contributed by atoms with Gasteiger partial charge in [-0.15, -0.1) is 0 Å². The molecule has 1 rings (SSSR count).